The third kappa shape index (κ3) is 2.91. The van der Waals surface area contributed by atoms with Gasteiger partial charge in [0.15, 0.2) is 0 Å². The standard InChI is InChI=1S/C15H24N2O2/c1-10-11(2)13(18-4)6-5-12(10)15(16-3)14-9-17-7-8-19-14/h5-6,14-17H,7-9H2,1-4H3. The quantitative estimate of drug-likeness (QED) is 0.866. The van der Waals surface area contributed by atoms with Crippen molar-refractivity contribution in [2.24, 2.45) is 0 Å². The van der Waals surface area contributed by atoms with Gasteiger partial charge in [0, 0.05) is 13.1 Å². The first-order valence-electron chi connectivity index (χ1n) is 6.82. The van der Waals surface area contributed by atoms with Gasteiger partial charge in [0.2, 0.25) is 0 Å². The lowest BCUT2D eigenvalue weighted by Gasteiger charge is -2.32. The third-order valence-corrected chi connectivity index (χ3v) is 3.97. The van der Waals surface area contributed by atoms with Gasteiger partial charge in [0.1, 0.15) is 5.75 Å². The molecule has 2 atom stereocenters. The summed E-state index contributed by atoms with van der Waals surface area (Å²) in [5.74, 6) is 0.943. The summed E-state index contributed by atoms with van der Waals surface area (Å²) < 4.78 is 11.3. The minimum atomic E-state index is 0.172. The Bertz CT molecular complexity index is 428. The van der Waals surface area contributed by atoms with E-state index in [-0.39, 0.29) is 12.1 Å². The van der Waals surface area contributed by atoms with Crippen LogP contribution in [-0.2, 0) is 4.74 Å². The van der Waals surface area contributed by atoms with Crippen molar-refractivity contribution in [1.29, 1.82) is 0 Å². The number of morpholine rings is 1. The Kier molecular flexibility index (Phi) is 4.80. The maximum absolute atomic E-state index is 5.88. The van der Waals surface area contributed by atoms with E-state index in [0.29, 0.717) is 0 Å². The van der Waals surface area contributed by atoms with Crippen molar-refractivity contribution >= 4 is 0 Å². The van der Waals surface area contributed by atoms with E-state index in [1.165, 1.54) is 16.7 Å². The minimum Gasteiger partial charge on any atom is -0.496 e. The van der Waals surface area contributed by atoms with E-state index in [4.69, 9.17) is 9.47 Å². The lowest BCUT2D eigenvalue weighted by Crippen LogP contribution is -2.45. The Balaban J connectivity index is 2.30. The van der Waals surface area contributed by atoms with Crippen LogP contribution in [0.2, 0.25) is 0 Å². The molecular weight excluding hydrogens is 240 g/mol. The molecule has 2 unspecified atom stereocenters. The monoisotopic (exact) mass is 264 g/mol. The van der Waals surface area contributed by atoms with Crippen molar-refractivity contribution in [3.63, 3.8) is 0 Å². The molecule has 1 aliphatic heterocycles. The van der Waals surface area contributed by atoms with Gasteiger partial charge in [-0.2, -0.15) is 0 Å². The molecule has 4 heteroatoms. The Morgan fingerprint density at radius 1 is 1.37 bits per heavy atom. The molecule has 4 nitrogen and oxygen atoms in total. The molecule has 19 heavy (non-hydrogen) atoms. The molecule has 1 heterocycles. The number of rotatable bonds is 4. The molecule has 0 aromatic heterocycles. The van der Waals surface area contributed by atoms with Crippen molar-refractivity contribution in [3.8, 4) is 5.75 Å². The largest absolute Gasteiger partial charge is 0.496 e. The topological polar surface area (TPSA) is 42.5 Å². The second kappa shape index (κ2) is 6.37. The van der Waals surface area contributed by atoms with Crippen LogP contribution in [0, 0.1) is 13.8 Å². The number of ether oxygens (including phenoxy) is 2. The van der Waals surface area contributed by atoms with Gasteiger partial charge < -0.3 is 20.1 Å². The van der Waals surface area contributed by atoms with E-state index in [1.54, 1.807) is 7.11 Å². The Morgan fingerprint density at radius 3 is 2.74 bits per heavy atom. The summed E-state index contributed by atoms with van der Waals surface area (Å²) in [6.45, 7) is 6.85. The average Bonchev–Trinajstić information content (AvgIpc) is 2.45. The Hall–Kier alpha value is -1.10. The SMILES string of the molecule is CNC(c1ccc(OC)c(C)c1C)C1CNCCO1. The van der Waals surface area contributed by atoms with Gasteiger partial charge in [-0.05, 0) is 43.7 Å². The van der Waals surface area contributed by atoms with Crippen LogP contribution in [-0.4, -0.2) is 40.0 Å². The lowest BCUT2D eigenvalue weighted by atomic mass is 9.93. The number of hydrogen-bond donors (Lipinski definition) is 2. The molecule has 1 fully saturated rings. The number of methoxy groups -OCH3 is 1. The molecule has 0 amide bonds. The number of likely N-dealkylation sites (N-methyl/N-ethyl adjacent to an activating group) is 1. The zero-order chi connectivity index (χ0) is 13.8. The van der Waals surface area contributed by atoms with Gasteiger partial charge in [-0.1, -0.05) is 6.07 Å². The average molecular weight is 264 g/mol. The van der Waals surface area contributed by atoms with E-state index < -0.39 is 0 Å². The van der Waals surface area contributed by atoms with Gasteiger partial charge in [0.05, 0.1) is 25.9 Å². The predicted octanol–water partition coefficient (Wildman–Crippen LogP) is 1.56. The van der Waals surface area contributed by atoms with Crippen LogP contribution in [0.5, 0.6) is 5.75 Å². The second-order valence-electron chi connectivity index (χ2n) is 4.99. The molecule has 1 saturated heterocycles. The molecule has 2 N–H and O–H groups in total. The smallest absolute Gasteiger partial charge is 0.122 e. The molecule has 0 radical (unpaired) electrons. The summed E-state index contributed by atoms with van der Waals surface area (Å²) in [5.41, 5.74) is 3.76. The first-order valence-corrected chi connectivity index (χ1v) is 6.82. The van der Waals surface area contributed by atoms with Crippen molar-refractivity contribution in [2.45, 2.75) is 26.0 Å². The minimum absolute atomic E-state index is 0.172. The van der Waals surface area contributed by atoms with Crippen LogP contribution in [0.15, 0.2) is 12.1 Å². The Labute approximate surface area is 115 Å². The van der Waals surface area contributed by atoms with Gasteiger partial charge >= 0.3 is 0 Å². The Morgan fingerprint density at radius 2 is 2.16 bits per heavy atom. The molecule has 2 rings (SSSR count). The maximum Gasteiger partial charge on any atom is 0.122 e. The van der Waals surface area contributed by atoms with E-state index >= 15 is 0 Å². The molecule has 0 aliphatic carbocycles. The van der Waals surface area contributed by atoms with Crippen LogP contribution in [0.4, 0.5) is 0 Å². The summed E-state index contributed by atoms with van der Waals surface area (Å²) in [5, 5.41) is 6.77. The van der Waals surface area contributed by atoms with Gasteiger partial charge in [-0.15, -0.1) is 0 Å². The van der Waals surface area contributed by atoms with Crippen LogP contribution in [0.3, 0.4) is 0 Å². The molecule has 1 aromatic rings. The van der Waals surface area contributed by atoms with Gasteiger partial charge in [-0.25, -0.2) is 0 Å². The maximum atomic E-state index is 5.88. The number of benzene rings is 1. The predicted molar refractivity (Wildman–Crippen MR) is 76.9 cm³/mol. The summed E-state index contributed by atoms with van der Waals surface area (Å²) >= 11 is 0. The van der Waals surface area contributed by atoms with Crippen LogP contribution >= 0.6 is 0 Å². The summed E-state index contributed by atoms with van der Waals surface area (Å²) in [4.78, 5) is 0. The fourth-order valence-corrected chi connectivity index (χ4v) is 2.72. The second-order valence-corrected chi connectivity index (χ2v) is 4.99. The highest BCUT2D eigenvalue weighted by Crippen LogP contribution is 2.30. The van der Waals surface area contributed by atoms with E-state index in [1.807, 2.05) is 13.1 Å². The van der Waals surface area contributed by atoms with Crippen LogP contribution in [0.1, 0.15) is 22.7 Å². The van der Waals surface area contributed by atoms with Crippen molar-refractivity contribution in [1.82, 2.24) is 10.6 Å². The molecular formula is C15H24N2O2. The van der Waals surface area contributed by atoms with Gasteiger partial charge in [-0.3, -0.25) is 0 Å². The molecule has 0 saturated carbocycles. The highest BCUT2D eigenvalue weighted by molar-refractivity contribution is 5.45. The number of nitrogens with one attached hydrogen (secondary N) is 2. The van der Waals surface area contributed by atoms with Crippen molar-refractivity contribution in [2.75, 3.05) is 33.9 Å². The first-order chi connectivity index (χ1) is 9.19. The van der Waals surface area contributed by atoms with Crippen LogP contribution in [0.25, 0.3) is 0 Å². The summed E-state index contributed by atoms with van der Waals surface area (Å²) in [6.07, 6.45) is 0.172. The van der Waals surface area contributed by atoms with E-state index in [9.17, 15) is 0 Å². The molecule has 106 valence electrons. The fraction of sp³-hybridized carbons (Fsp3) is 0.600. The highest BCUT2D eigenvalue weighted by Gasteiger charge is 2.26. The molecule has 1 aromatic carbocycles. The molecule has 1 aliphatic rings. The zero-order valence-electron chi connectivity index (χ0n) is 12.2. The molecule has 0 bridgehead atoms. The van der Waals surface area contributed by atoms with E-state index in [2.05, 4.69) is 30.5 Å². The third-order valence-electron chi connectivity index (χ3n) is 3.97. The van der Waals surface area contributed by atoms with Crippen molar-refractivity contribution < 1.29 is 9.47 Å². The van der Waals surface area contributed by atoms with Gasteiger partial charge in [0.25, 0.3) is 0 Å². The van der Waals surface area contributed by atoms with Crippen molar-refractivity contribution in [3.05, 3.63) is 28.8 Å². The van der Waals surface area contributed by atoms with E-state index in [0.717, 1.165) is 25.4 Å². The first kappa shape index (κ1) is 14.3. The highest BCUT2D eigenvalue weighted by atomic mass is 16.5. The summed E-state index contributed by atoms with van der Waals surface area (Å²) in [6, 6.07) is 4.39. The normalized spacial score (nSPS) is 21.2. The van der Waals surface area contributed by atoms with Crippen LogP contribution < -0.4 is 15.4 Å². The lowest BCUT2D eigenvalue weighted by molar-refractivity contribution is 0.00522. The summed E-state index contributed by atoms with van der Waals surface area (Å²) in [7, 11) is 3.70. The number of hydrogen-bond acceptors (Lipinski definition) is 4. The fourth-order valence-electron chi connectivity index (χ4n) is 2.72. The zero-order valence-corrected chi connectivity index (χ0v) is 12.2. The molecule has 0 spiro atoms.